The van der Waals surface area contributed by atoms with Crippen molar-refractivity contribution in [1.82, 2.24) is 9.47 Å². The number of piperazine rings is 1. The highest BCUT2D eigenvalue weighted by atomic mass is 19.1. The molecule has 0 unspecified atom stereocenters. The maximum atomic E-state index is 13.8. The first kappa shape index (κ1) is 22.4. The number of amides is 1. The molecule has 1 saturated heterocycles. The van der Waals surface area contributed by atoms with Crippen molar-refractivity contribution in [3.05, 3.63) is 58.1 Å². The lowest BCUT2D eigenvalue weighted by Gasteiger charge is -2.36. The Morgan fingerprint density at radius 3 is 2.21 bits per heavy atom. The van der Waals surface area contributed by atoms with Crippen molar-refractivity contribution in [2.24, 2.45) is 0 Å². The van der Waals surface area contributed by atoms with Gasteiger partial charge < -0.3 is 29.6 Å². The summed E-state index contributed by atoms with van der Waals surface area (Å²) in [6, 6.07) is 9.52. The Hall–Kier alpha value is -3.75. The van der Waals surface area contributed by atoms with Gasteiger partial charge in [0.25, 0.3) is 5.56 Å². The van der Waals surface area contributed by atoms with Gasteiger partial charge in [-0.3, -0.25) is 9.59 Å². The number of ether oxygens (including phenoxy) is 2. The zero-order chi connectivity index (χ0) is 23.7. The summed E-state index contributed by atoms with van der Waals surface area (Å²) in [5, 5.41) is 0.651. The van der Waals surface area contributed by atoms with Gasteiger partial charge in [-0.1, -0.05) is 12.1 Å². The second-order valence-electron chi connectivity index (χ2n) is 8.00. The first-order valence-electron chi connectivity index (χ1n) is 10.7. The number of anilines is 2. The molecule has 1 aliphatic rings. The molecular formula is C24H27FN4O4. The molecule has 1 fully saturated rings. The van der Waals surface area contributed by atoms with E-state index in [0.29, 0.717) is 60.0 Å². The normalized spacial score (nSPS) is 13.9. The van der Waals surface area contributed by atoms with Gasteiger partial charge in [0.1, 0.15) is 11.5 Å². The molecule has 0 atom stereocenters. The van der Waals surface area contributed by atoms with Crippen LogP contribution in [0.2, 0.25) is 0 Å². The first-order valence-corrected chi connectivity index (χ1v) is 10.7. The Labute approximate surface area is 190 Å². The van der Waals surface area contributed by atoms with E-state index < -0.39 is 0 Å². The Bertz CT molecular complexity index is 1250. The molecular weight excluding hydrogens is 427 g/mol. The summed E-state index contributed by atoms with van der Waals surface area (Å²) in [4.78, 5) is 29.2. The largest absolute Gasteiger partial charge is 0.493 e. The number of fused-ring (bicyclic) bond motifs is 1. The number of pyridine rings is 1. The number of benzene rings is 2. The molecule has 4 rings (SSSR count). The SMILES string of the molecule is COc1cc2c(N)c(N3CCN(C(C)=O)CC3)c(=O)n(Cc3ccc(F)cc3)c2cc1OC. The fraction of sp³-hybridized carbons (Fsp3) is 0.333. The zero-order valence-electron chi connectivity index (χ0n) is 18.9. The number of methoxy groups -OCH3 is 2. The molecule has 1 aliphatic heterocycles. The highest BCUT2D eigenvalue weighted by molar-refractivity contribution is 5.98. The summed E-state index contributed by atoms with van der Waals surface area (Å²) < 4.78 is 26.0. The van der Waals surface area contributed by atoms with Crippen LogP contribution in [-0.2, 0) is 11.3 Å². The fourth-order valence-electron chi connectivity index (χ4n) is 4.27. The lowest BCUT2D eigenvalue weighted by atomic mass is 10.1. The lowest BCUT2D eigenvalue weighted by Crippen LogP contribution is -2.50. The molecule has 3 aromatic rings. The number of nitrogens with zero attached hydrogens (tertiary/aromatic N) is 3. The van der Waals surface area contributed by atoms with E-state index in [4.69, 9.17) is 15.2 Å². The van der Waals surface area contributed by atoms with Crippen LogP contribution in [0.4, 0.5) is 15.8 Å². The van der Waals surface area contributed by atoms with Crippen molar-refractivity contribution in [3.8, 4) is 11.5 Å². The average Bonchev–Trinajstić information content (AvgIpc) is 2.82. The molecule has 1 aromatic heterocycles. The van der Waals surface area contributed by atoms with E-state index in [9.17, 15) is 14.0 Å². The summed E-state index contributed by atoms with van der Waals surface area (Å²) in [6.45, 7) is 3.77. The van der Waals surface area contributed by atoms with E-state index in [0.717, 1.165) is 5.56 Å². The van der Waals surface area contributed by atoms with E-state index in [2.05, 4.69) is 0 Å². The van der Waals surface area contributed by atoms with Crippen molar-refractivity contribution < 1.29 is 18.7 Å². The van der Waals surface area contributed by atoms with Crippen molar-refractivity contribution in [2.75, 3.05) is 51.0 Å². The Morgan fingerprint density at radius 1 is 1.03 bits per heavy atom. The third-order valence-corrected chi connectivity index (χ3v) is 6.08. The van der Waals surface area contributed by atoms with E-state index >= 15 is 0 Å². The number of hydrogen-bond donors (Lipinski definition) is 1. The number of carbonyl (C=O) groups excluding carboxylic acids is 1. The molecule has 2 N–H and O–H groups in total. The maximum Gasteiger partial charge on any atom is 0.277 e. The minimum Gasteiger partial charge on any atom is -0.493 e. The van der Waals surface area contributed by atoms with Gasteiger partial charge in [-0.05, 0) is 23.8 Å². The molecule has 1 amide bonds. The highest BCUT2D eigenvalue weighted by Crippen LogP contribution is 2.37. The molecule has 0 bridgehead atoms. The summed E-state index contributed by atoms with van der Waals surface area (Å²) in [6.07, 6.45) is 0. The standard InChI is InChI=1S/C24H27FN4O4/c1-15(30)27-8-10-28(11-9-27)23-22(26)18-12-20(32-2)21(33-3)13-19(18)29(24(23)31)14-16-4-6-17(25)7-5-16/h4-7,12-13H,8-11,14,26H2,1-3H3. The van der Waals surface area contributed by atoms with Crippen molar-refractivity contribution >= 4 is 28.2 Å². The van der Waals surface area contributed by atoms with Crippen LogP contribution < -0.4 is 25.7 Å². The highest BCUT2D eigenvalue weighted by Gasteiger charge is 2.26. The van der Waals surface area contributed by atoms with Crippen molar-refractivity contribution in [1.29, 1.82) is 0 Å². The first-order chi connectivity index (χ1) is 15.8. The van der Waals surface area contributed by atoms with E-state index in [1.54, 1.807) is 33.7 Å². The van der Waals surface area contributed by atoms with Gasteiger partial charge in [0, 0.05) is 44.6 Å². The number of hydrogen-bond acceptors (Lipinski definition) is 6. The molecule has 0 aliphatic carbocycles. The molecule has 8 nitrogen and oxygen atoms in total. The van der Waals surface area contributed by atoms with Gasteiger partial charge in [-0.25, -0.2) is 4.39 Å². The van der Waals surface area contributed by atoms with Crippen LogP contribution in [0.3, 0.4) is 0 Å². The summed E-state index contributed by atoms with van der Waals surface area (Å²) >= 11 is 0. The number of carbonyl (C=O) groups is 1. The minimum absolute atomic E-state index is 0.00619. The van der Waals surface area contributed by atoms with Crippen molar-refractivity contribution in [2.45, 2.75) is 13.5 Å². The third kappa shape index (κ3) is 4.18. The van der Waals surface area contributed by atoms with Crippen LogP contribution in [0.5, 0.6) is 11.5 Å². The molecule has 0 saturated carbocycles. The molecule has 174 valence electrons. The van der Waals surface area contributed by atoms with Gasteiger partial charge in [-0.15, -0.1) is 0 Å². The van der Waals surface area contributed by atoms with Crippen LogP contribution in [0.1, 0.15) is 12.5 Å². The second kappa shape index (κ2) is 9.01. The number of nitrogens with two attached hydrogens (primary N) is 1. The average molecular weight is 455 g/mol. The number of halogens is 1. The molecule has 2 aromatic carbocycles. The molecule has 33 heavy (non-hydrogen) atoms. The van der Waals surface area contributed by atoms with Crippen molar-refractivity contribution in [3.63, 3.8) is 0 Å². The smallest absolute Gasteiger partial charge is 0.277 e. The Balaban J connectivity index is 1.90. The quantitative estimate of drug-likeness (QED) is 0.637. The predicted molar refractivity (Wildman–Crippen MR) is 126 cm³/mol. The van der Waals surface area contributed by atoms with Crippen LogP contribution in [0.25, 0.3) is 10.9 Å². The second-order valence-corrected chi connectivity index (χ2v) is 8.00. The van der Waals surface area contributed by atoms with Gasteiger partial charge >= 0.3 is 0 Å². The molecule has 0 spiro atoms. The predicted octanol–water partition coefficient (Wildman–Crippen LogP) is 2.46. The van der Waals surface area contributed by atoms with Crippen LogP contribution in [0.15, 0.2) is 41.2 Å². The summed E-state index contributed by atoms with van der Waals surface area (Å²) in [5.41, 5.74) is 8.40. The van der Waals surface area contributed by atoms with Gasteiger partial charge in [-0.2, -0.15) is 0 Å². The zero-order valence-corrected chi connectivity index (χ0v) is 18.9. The van der Waals surface area contributed by atoms with Crippen LogP contribution in [0, 0.1) is 5.82 Å². The van der Waals surface area contributed by atoms with Gasteiger partial charge in [0.15, 0.2) is 11.5 Å². The number of nitrogen functional groups attached to an aromatic ring is 1. The summed E-state index contributed by atoms with van der Waals surface area (Å²) in [5.74, 6) is 0.630. The van der Waals surface area contributed by atoms with E-state index in [1.807, 2.05) is 4.90 Å². The van der Waals surface area contributed by atoms with Gasteiger partial charge in [0.05, 0.1) is 32.0 Å². The Kier molecular flexibility index (Phi) is 6.13. The Morgan fingerprint density at radius 2 is 1.64 bits per heavy atom. The topological polar surface area (TPSA) is 90.0 Å². The maximum absolute atomic E-state index is 13.8. The van der Waals surface area contributed by atoms with E-state index in [1.165, 1.54) is 33.3 Å². The molecule has 2 heterocycles. The van der Waals surface area contributed by atoms with Crippen LogP contribution >= 0.6 is 0 Å². The van der Waals surface area contributed by atoms with Gasteiger partial charge in [0.2, 0.25) is 5.91 Å². The number of rotatable bonds is 5. The minimum atomic E-state index is -0.344. The van der Waals surface area contributed by atoms with E-state index in [-0.39, 0.29) is 23.8 Å². The fourth-order valence-corrected chi connectivity index (χ4v) is 4.27. The third-order valence-electron chi connectivity index (χ3n) is 6.08. The molecule has 9 heteroatoms. The van der Waals surface area contributed by atoms with Crippen LogP contribution in [-0.4, -0.2) is 55.8 Å². The monoisotopic (exact) mass is 454 g/mol. The number of aromatic nitrogens is 1. The lowest BCUT2D eigenvalue weighted by molar-refractivity contribution is -0.129. The summed E-state index contributed by atoms with van der Waals surface area (Å²) in [7, 11) is 3.06. The molecule has 0 radical (unpaired) electrons.